The van der Waals surface area contributed by atoms with Gasteiger partial charge in [0.2, 0.25) is 8.32 Å². The summed E-state index contributed by atoms with van der Waals surface area (Å²) in [5.74, 6) is 0. The minimum Gasteiger partial charge on any atom is -0.550 e. The zero-order valence-corrected chi connectivity index (χ0v) is 12.4. The van der Waals surface area contributed by atoms with Crippen LogP contribution in [-0.4, -0.2) is 23.2 Å². The first-order valence-corrected chi connectivity index (χ1v) is 12.0. The smallest absolute Gasteiger partial charge is 0.241 e. The molecule has 0 saturated heterocycles. The number of rotatable bonds is 6. The van der Waals surface area contributed by atoms with Gasteiger partial charge < -0.3 is 8.85 Å². The standard InChI is InChI=1S/C10H24O2Si2/c1-13(2,3)11-9-7-8-10-12-14(4,5)6/h7,9H,8,10H2,1-6H3. The van der Waals surface area contributed by atoms with Gasteiger partial charge in [0.1, 0.15) is 0 Å². The molecule has 0 spiro atoms. The Bertz CT molecular complexity index is 178. The second-order valence-corrected chi connectivity index (χ2v) is 14.3. The molecule has 0 aromatic heterocycles. The maximum atomic E-state index is 5.70. The summed E-state index contributed by atoms with van der Waals surface area (Å²) < 4.78 is 11.3. The van der Waals surface area contributed by atoms with Crippen molar-refractivity contribution in [1.29, 1.82) is 0 Å². The van der Waals surface area contributed by atoms with Crippen LogP contribution in [0.5, 0.6) is 0 Å². The van der Waals surface area contributed by atoms with Gasteiger partial charge in [-0.3, -0.25) is 0 Å². The summed E-state index contributed by atoms with van der Waals surface area (Å²) in [6.07, 6.45) is 4.84. The third-order valence-corrected chi connectivity index (χ3v) is 3.25. The molecular formula is C10H24O2Si2. The fraction of sp³-hybridized carbons (Fsp3) is 0.800. The van der Waals surface area contributed by atoms with Crippen LogP contribution in [0.3, 0.4) is 0 Å². The Balaban J connectivity index is 3.46. The fourth-order valence-electron chi connectivity index (χ4n) is 0.753. The second kappa shape index (κ2) is 5.73. The second-order valence-electron chi connectivity index (χ2n) is 5.35. The van der Waals surface area contributed by atoms with Crippen LogP contribution >= 0.6 is 0 Å². The highest BCUT2D eigenvalue weighted by Gasteiger charge is 2.13. The number of hydrogen-bond acceptors (Lipinski definition) is 2. The van der Waals surface area contributed by atoms with Crippen molar-refractivity contribution in [3.8, 4) is 0 Å². The van der Waals surface area contributed by atoms with Crippen molar-refractivity contribution in [2.75, 3.05) is 6.61 Å². The Labute approximate surface area is 90.6 Å². The molecule has 0 heterocycles. The Morgan fingerprint density at radius 2 is 1.50 bits per heavy atom. The van der Waals surface area contributed by atoms with Gasteiger partial charge in [-0.25, -0.2) is 0 Å². The van der Waals surface area contributed by atoms with Crippen LogP contribution in [0.2, 0.25) is 39.3 Å². The molecule has 84 valence electrons. The van der Waals surface area contributed by atoms with E-state index in [1.807, 2.05) is 6.26 Å². The molecule has 0 fully saturated rings. The lowest BCUT2D eigenvalue weighted by atomic mass is 10.5. The van der Waals surface area contributed by atoms with Crippen LogP contribution < -0.4 is 0 Å². The van der Waals surface area contributed by atoms with Crippen LogP contribution in [0.4, 0.5) is 0 Å². The first kappa shape index (κ1) is 13.9. The average molecular weight is 232 g/mol. The molecule has 0 saturated carbocycles. The molecule has 0 aliphatic rings. The van der Waals surface area contributed by atoms with Gasteiger partial charge in [0.05, 0.1) is 6.26 Å². The quantitative estimate of drug-likeness (QED) is 0.396. The molecule has 0 unspecified atom stereocenters. The maximum Gasteiger partial charge on any atom is 0.241 e. The molecule has 0 bridgehead atoms. The molecule has 2 nitrogen and oxygen atoms in total. The van der Waals surface area contributed by atoms with Crippen molar-refractivity contribution in [3.63, 3.8) is 0 Å². The summed E-state index contributed by atoms with van der Waals surface area (Å²) in [5.41, 5.74) is 0. The molecule has 0 aliphatic heterocycles. The lowest BCUT2D eigenvalue weighted by Crippen LogP contribution is -2.25. The molecule has 0 aromatic carbocycles. The summed E-state index contributed by atoms with van der Waals surface area (Å²) in [7, 11) is -2.69. The molecule has 0 aromatic rings. The highest BCUT2D eigenvalue weighted by atomic mass is 28.4. The first-order chi connectivity index (χ1) is 6.21. The molecule has 14 heavy (non-hydrogen) atoms. The van der Waals surface area contributed by atoms with Crippen molar-refractivity contribution in [1.82, 2.24) is 0 Å². The van der Waals surface area contributed by atoms with Crippen molar-refractivity contribution < 1.29 is 8.85 Å². The summed E-state index contributed by atoms with van der Waals surface area (Å²) in [5, 5.41) is 0. The van der Waals surface area contributed by atoms with E-state index in [-0.39, 0.29) is 0 Å². The average Bonchev–Trinajstić information content (AvgIpc) is 1.92. The lowest BCUT2D eigenvalue weighted by Gasteiger charge is -2.16. The molecular weight excluding hydrogens is 208 g/mol. The predicted molar refractivity (Wildman–Crippen MR) is 67.5 cm³/mol. The Hall–Kier alpha value is -0.0662. The lowest BCUT2D eigenvalue weighted by molar-refractivity contribution is 0.317. The summed E-state index contributed by atoms with van der Waals surface area (Å²) >= 11 is 0. The normalized spacial score (nSPS) is 13.6. The molecule has 0 aliphatic carbocycles. The SMILES string of the molecule is C[Si](C)(C)OC=CCCO[Si](C)(C)C. The van der Waals surface area contributed by atoms with Crippen LogP contribution in [0.15, 0.2) is 12.3 Å². The molecule has 4 heteroatoms. The summed E-state index contributed by atoms with van der Waals surface area (Å²) in [6, 6.07) is 0. The Morgan fingerprint density at radius 1 is 0.929 bits per heavy atom. The van der Waals surface area contributed by atoms with Crippen LogP contribution in [0.1, 0.15) is 6.42 Å². The first-order valence-electron chi connectivity index (χ1n) is 5.17. The van der Waals surface area contributed by atoms with E-state index in [0.29, 0.717) is 0 Å². The van der Waals surface area contributed by atoms with Gasteiger partial charge in [-0.1, -0.05) is 0 Å². The maximum absolute atomic E-state index is 5.70. The monoisotopic (exact) mass is 232 g/mol. The molecule has 0 rings (SSSR count). The minimum atomic E-state index is -1.37. The van der Waals surface area contributed by atoms with Gasteiger partial charge in [0.25, 0.3) is 0 Å². The Kier molecular flexibility index (Phi) is 5.70. The topological polar surface area (TPSA) is 18.5 Å². The highest BCUT2D eigenvalue weighted by Crippen LogP contribution is 2.05. The Morgan fingerprint density at radius 3 is 1.93 bits per heavy atom. The minimum absolute atomic E-state index is 0.821. The van der Waals surface area contributed by atoms with Crippen molar-refractivity contribution in [2.24, 2.45) is 0 Å². The van der Waals surface area contributed by atoms with Crippen molar-refractivity contribution in [3.05, 3.63) is 12.3 Å². The van der Waals surface area contributed by atoms with Gasteiger partial charge in [-0.05, 0) is 51.8 Å². The third-order valence-electron chi connectivity index (χ3n) is 1.34. The van der Waals surface area contributed by atoms with Gasteiger partial charge >= 0.3 is 0 Å². The van der Waals surface area contributed by atoms with E-state index < -0.39 is 16.6 Å². The van der Waals surface area contributed by atoms with Gasteiger partial charge in [0, 0.05) is 6.61 Å². The van der Waals surface area contributed by atoms with E-state index >= 15 is 0 Å². The van der Waals surface area contributed by atoms with Crippen LogP contribution in [0.25, 0.3) is 0 Å². The van der Waals surface area contributed by atoms with E-state index in [0.717, 1.165) is 13.0 Å². The largest absolute Gasteiger partial charge is 0.550 e. The molecule has 0 radical (unpaired) electrons. The highest BCUT2D eigenvalue weighted by molar-refractivity contribution is 6.70. The van der Waals surface area contributed by atoms with E-state index in [1.54, 1.807) is 0 Å². The van der Waals surface area contributed by atoms with Crippen LogP contribution in [-0.2, 0) is 8.85 Å². The third kappa shape index (κ3) is 11.9. The van der Waals surface area contributed by atoms with Crippen LogP contribution in [0, 0.1) is 0 Å². The molecule has 0 amide bonds. The van der Waals surface area contributed by atoms with Gasteiger partial charge in [-0.2, -0.15) is 0 Å². The van der Waals surface area contributed by atoms with Crippen molar-refractivity contribution >= 4 is 16.6 Å². The van der Waals surface area contributed by atoms with Crippen molar-refractivity contribution in [2.45, 2.75) is 45.7 Å². The van der Waals surface area contributed by atoms with E-state index in [2.05, 4.69) is 45.4 Å². The van der Waals surface area contributed by atoms with Gasteiger partial charge in [0.15, 0.2) is 8.32 Å². The summed E-state index contributed by atoms with van der Waals surface area (Å²) in [6.45, 7) is 14.0. The zero-order valence-electron chi connectivity index (χ0n) is 10.4. The van der Waals surface area contributed by atoms with E-state index in [1.165, 1.54) is 0 Å². The summed E-state index contributed by atoms with van der Waals surface area (Å²) in [4.78, 5) is 0. The number of hydrogen-bond donors (Lipinski definition) is 0. The molecule has 0 atom stereocenters. The predicted octanol–water partition coefficient (Wildman–Crippen LogP) is 3.59. The van der Waals surface area contributed by atoms with E-state index in [4.69, 9.17) is 8.85 Å². The fourth-order valence-corrected chi connectivity index (χ4v) is 1.99. The van der Waals surface area contributed by atoms with E-state index in [9.17, 15) is 0 Å². The molecule has 0 N–H and O–H groups in total. The zero-order chi connectivity index (χ0) is 11.2. The van der Waals surface area contributed by atoms with Gasteiger partial charge in [-0.15, -0.1) is 0 Å².